The van der Waals surface area contributed by atoms with Gasteiger partial charge in [-0.15, -0.1) is 0 Å². The van der Waals surface area contributed by atoms with Gasteiger partial charge in [-0.2, -0.15) is 9.97 Å². The smallest absolute Gasteiger partial charge is 0.296 e. The van der Waals surface area contributed by atoms with E-state index in [9.17, 15) is 5.11 Å². The van der Waals surface area contributed by atoms with Gasteiger partial charge in [0, 0.05) is 5.69 Å². The van der Waals surface area contributed by atoms with Gasteiger partial charge in [0.15, 0.2) is 11.8 Å². The Kier molecular flexibility index (Phi) is 4.64. The molecular formula is C21H21ClN4O5. The highest BCUT2D eigenvalue weighted by atomic mass is 35.5. The van der Waals surface area contributed by atoms with Crippen LogP contribution in [-0.2, 0) is 9.47 Å². The average Bonchev–Trinajstić information content (AvgIpc) is 3.42. The Labute approximate surface area is 182 Å². The van der Waals surface area contributed by atoms with Crippen molar-refractivity contribution in [3.05, 3.63) is 41.4 Å². The topological polar surface area (TPSA) is 102 Å². The molecule has 3 saturated heterocycles. The van der Waals surface area contributed by atoms with Gasteiger partial charge in [0.25, 0.3) is 6.01 Å². The molecular weight excluding hydrogens is 424 g/mol. The van der Waals surface area contributed by atoms with Crippen molar-refractivity contribution in [2.75, 3.05) is 31.2 Å². The minimum Gasteiger partial charge on any atom is -0.469 e. The molecule has 3 fully saturated rings. The second-order valence-corrected chi connectivity index (χ2v) is 8.40. The van der Waals surface area contributed by atoms with Crippen LogP contribution in [0, 0.1) is 0 Å². The monoisotopic (exact) mass is 444 g/mol. The van der Waals surface area contributed by atoms with Crippen LogP contribution in [0.3, 0.4) is 0 Å². The van der Waals surface area contributed by atoms with Crippen LogP contribution < -0.4 is 14.4 Å². The van der Waals surface area contributed by atoms with Crippen molar-refractivity contribution in [3.63, 3.8) is 0 Å². The first kappa shape index (κ1) is 19.1. The van der Waals surface area contributed by atoms with Gasteiger partial charge >= 0.3 is 0 Å². The van der Waals surface area contributed by atoms with E-state index in [0.29, 0.717) is 34.7 Å². The van der Waals surface area contributed by atoms with Crippen molar-refractivity contribution < 1.29 is 24.1 Å². The van der Waals surface area contributed by atoms with Crippen LogP contribution in [-0.4, -0.2) is 76.9 Å². The molecule has 0 aliphatic carbocycles. The van der Waals surface area contributed by atoms with Crippen molar-refractivity contribution in [1.82, 2.24) is 15.0 Å². The minimum atomic E-state index is -0.626. The van der Waals surface area contributed by atoms with E-state index in [1.807, 2.05) is 18.2 Å². The molecule has 4 atom stereocenters. The molecule has 3 aromatic rings. The molecule has 0 bridgehead atoms. The zero-order valence-electron chi connectivity index (χ0n) is 16.5. The number of aromatic nitrogens is 3. The predicted molar refractivity (Wildman–Crippen MR) is 112 cm³/mol. The van der Waals surface area contributed by atoms with E-state index in [1.165, 1.54) is 5.69 Å². The van der Waals surface area contributed by atoms with Crippen LogP contribution >= 0.6 is 11.6 Å². The van der Waals surface area contributed by atoms with Gasteiger partial charge in [-0.05, 0) is 18.2 Å². The Balaban J connectivity index is 1.13. The van der Waals surface area contributed by atoms with E-state index in [0.717, 1.165) is 13.1 Å². The van der Waals surface area contributed by atoms with E-state index < -0.39 is 6.10 Å². The standard InChI is InChI=1S/C21H21ClN4O5/c22-13-6-14-19(24-20(13)30-12-7-26(8-12)11-4-2-1-3-5-11)25-21(23-14)31-16-10-29-17-15(27)9-28-18(16)17/h1-6,12,15-18,27H,7-10H2,(H,23,24,25)/t15-,16-,17-,18-/m1/s1. The van der Waals surface area contributed by atoms with E-state index in [4.69, 9.17) is 30.5 Å². The Morgan fingerprint density at radius 2 is 1.87 bits per heavy atom. The predicted octanol–water partition coefficient (Wildman–Crippen LogP) is 1.78. The number of halogens is 1. The molecule has 6 rings (SSSR count). The summed E-state index contributed by atoms with van der Waals surface area (Å²) in [6, 6.07) is 12.2. The summed E-state index contributed by atoms with van der Waals surface area (Å²) in [6.45, 7) is 2.11. The zero-order valence-corrected chi connectivity index (χ0v) is 17.2. The highest BCUT2D eigenvalue weighted by molar-refractivity contribution is 6.32. The number of fused-ring (bicyclic) bond motifs is 2. The number of pyridine rings is 1. The maximum Gasteiger partial charge on any atom is 0.296 e. The van der Waals surface area contributed by atoms with Crippen LogP contribution in [0.25, 0.3) is 11.2 Å². The number of imidazole rings is 1. The van der Waals surface area contributed by atoms with Crippen molar-refractivity contribution in [2.24, 2.45) is 0 Å². The summed E-state index contributed by atoms with van der Waals surface area (Å²) in [5.74, 6) is 0.358. The molecule has 1 aromatic carbocycles. The number of aliphatic hydroxyl groups excluding tert-OH is 1. The Hall–Kier alpha value is -2.59. The molecule has 3 aliphatic heterocycles. The fourth-order valence-corrected chi connectivity index (χ4v) is 4.42. The number of aromatic amines is 1. The lowest BCUT2D eigenvalue weighted by molar-refractivity contribution is 0.00706. The third-order valence-electron chi connectivity index (χ3n) is 5.87. The highest BCUT2D eigenvalue weighted by Crippen LogP contribution is 2.32. The lowest BCUT2D eigenvalue weighted by atomic mass is 10.1. The molecule has 2 N–H and O–H groups in total. The number of hydrogen-bond acceptors (Lipinski definition) is 8. The van der Waals surface area contributed by atoms with Gasteiger partial charge in [0.1, 0.15) is 29.4 Å². The van der Waals surface area contributed by atoms with Crippen LogP contribution in [0.2, 0.25) is 5.02 Å². The molecule has 0 spiro atoms. The Morgan fingerprint density at radius 1 is 1.06 bits per heavy atom. The molecule has 2 aromatic heterocycles. The lowest BCUT2D eigenvalue weighted by Crippen LogP contribution is -2.54. The van der Waals surface area contributed by atoms with E-state index in [2.05, 4.69) is 32.0 Å². The van der Waals surface area contributed by atoms with Crippen molar-refractivity contribution in [1.29, 1.82) is 0 Å². The van der Waals surface area contributed by atoms with Crippen LogP contribution in [0.5, 0.6) is 11.9 Å². The molecule has 0 radical (unpaired) electrons. The van der Waals surface area contributed by atoms with Gasteiger partial charge in [-0.3, -0.25) is 0 Å². The number of hydrogen-bond donors (Lipinski definition) is 2. The molecule has 3 aliphatic rings. The SMILES string of the molecule is O[C@@H]1CO[C@H]2[C@@H]1OC[C@H]2Oc1nc2nc(OC3CN(c4ccccc4)C3)c(Cl)cc2[nH]1. The largest absolute Gasteiger partial charge is 0.469 e. The van der Waals surface area contributed by atoms with Crippen LogP contribution in [0.4, 0.5) is 5.69 Å². The summed E-state index contributed by atoms with van der Waals surface area (Å²) in [7, 11) is 0. The Morgan fingerprint density at radius 3 is 2.71 bits per heavy atom. The third kappa shape index (κ3) is 3.47. The highest BCUT2D eigenvalue weighted by Gasteiger charge is 2.48. The molecule has 0 unspecified atom stereocenters. The summed E-state index contributed by atoms with van der Waals surface area (Å²) in [5, 5.41) is 10.3. The summed E-state index contributed by atoms with van der Waals surface area (Å²) in [5.41, 5.74) is 2.27. The second kappa shape index (κ2) is 7.52. The second-order valence-electron chi connectivity index (χ2n) is 7.99. The molecule has 0 amide bonds. The molecule has 10 heteroatoms. The van der Waals surface area contributed by atoms with Crippen LogP contribution in [0.15, 0.2) is 36.4 Å². The van der Waals surface area contributed by atoms with Crippen LogP contribution in [0.1, 0.15) is 0 Å². The number of anilines is 1. The first-order valence-corrected chi connectivity index (χ1v) is 10.6. The van der Waals surface area contributed by atoms with Gasteiger partial charge in [0.05, 0.1) is 31.8 Å². The summed E-state index contributed by atoms with van der Waals surface area (Å²) >= 11 is 6.39. The maximum atomic E-state index is 9.87. The quantitative estimate of drug-likeness (QED) is 0.614. The fraction of sp³-hybridized carbons (Fsp3) is 0.429. The average molecular weight is 445 g/mol. The maximum absolute atomic E-state index is 9.87. The molecule has 5 heterocycles. The number of rotatable bonds is 5. The summed E-state index contributed by atoms with van der Waals surface area (Å²) < 4.78 is 23.1. The first-order valence-electron chi connectivity index (χ1n) is 10.2. The number of H-pyrrole nitrogens is 1. The van der Waals surface area contributed by atoms with Gasteiger partial charge < -0.3 is 33.9 Å². The molecule has 0 saturated carbocycles. The van der Waals surface area contributed by atoms with E-state index in [-0.39, 0.29) is 31.0 Å². The Bertz CT molecular complexity index is 1090. The van der Waals surface area contributed by atoms with E-state index >= 15 is 0 Å². The van der Waals surface area contributed by atoms with Crippen molar-refractivity contribution >= 4 is 28.5 Å². The first-order chi connectivity index (χ1) is 15.1. The van der Waals surface area contributed by atoms with Gasteiger partial charge in [-0.25, -0.2) is 0 Å². The lowest BCUT2D eigenvalue weighted by Gasteiger charge is -2.40. The number of nitrogens with zero attached hydrogens (tertiary/aromatic N) is 3. The molecule has 162 valence electrons. The molecule has 31 heavy (non-hydrogen) atoms. The number of para-hydroxylation sites is 1. The normalized spacial score (nSPS) is 28.0. The van der Waals surface area contributed by atoms with Gasteiger partial charge in [-0.1, -0.05) is 29.8 Å². The van der Waals surface area contributed by atoms with Crippen molar-refractivity contribution in [3.8, 4) is 11.9 Å². The summed E-state index contributed by atoms with van der Waals surface area (Å²) in [6.07, 6.45) is -1.65. The number of ether oxygens (including phenoxy) is 4. The third-order valence-corrected chi connectivity index (χ3v) is 6.14. The molecule has 9 nitrogen and oxygen atoms in total. The van der Waals surface area contributed by atoms with E-state index in [1.54, 1.807) is 6.07 Å². The zero-order chi connectivity index (χ0) is 20.9. The van der Waals surface area contributed by atoms with Gasteiger partial charge in [0.2, 0.25) is 5.88 Å². The minimum absolute atomic E-state index is 0.0100. The number of nitrogens with one attached hydrogen (secondary N) is 1. The fourth-order valence-electron chi connectivity index (χ4n) is 4.23. The number of benzene rings is 1. The van der Waals surface area contributed by atoms with Crippen molar-refractivity contribution in [2.45, 2.75) is 30.5 Å². The summed E-state index contributed by atoms with van der Waals surface area (Å²) in [4.78, 5) is 14.2. The number of aliphatic hydroxyl groups is 1.